The minimum Gasteiger partial charge on any atom is -0.508 e. The molecule has 224 valence electrons. The van der Waals surface area contributed by atoms with Crippen LogP contribution in [0.2, 0.25) is 0 Å². The van der Waals surface area contributed by atoms with Crippen molar-refractivity contribution in [1.29, 1.82) is 0 Å². The first-order valence-corrected chi connectivity index (χ1v) is 12.9. The van der Waals surface area contributed by atoms with Gasteiger partial charge in [-0.2, -0.15) is 0 Å². The fourth-order valence-corrected chi connectivity index (χ4v) is 4.10. The van der Waals surface area contributed by atoms with Crippen molar-refractivity contribution in [1.82, 2.24) is 15.3 Å². The summed E-state index contributed by atoms with van der Waals surface area (Å²) in [6.07, 6.45) is 2.92. The number of carbonyl (C=O) groups excluding carboxylic acids is 2. The summed E-state index contributed by atoms with van der Waals surface area (Å²) in [4.78, 5) is 51.0. The number of aromatic nitrogens is 2. The fourth-order valence-electron chi connectivity index (χ4n) is 4.10. The van der Waals surface area contributed by atoms with Gasteiger partial charge in [-0.1, -0.05) is 0 Å². The first kappa shape index (κ1) is 31.5. The normalized spacial score (nSPS) is 12.6. The number of alkyl carbamates (subject to hydrolysis) is 1. The zero-order valence-electron chi connectivity index (χ0n) is 23.6. The lowest BCUT2D eigenvalue weighted by molar-refractivity contribution is -0.140. The number of fused-ring (bicyclic) bond motifs is 2. The highest BCUT2D eigenvalue weighted by atomic mass is 16.6. The first-order valence-electron chi connectivity index (χ1n) is 12.9. The molecule has 0 fully saturated rings. The smallest absolute Gasteiger partial charge is 0.408 e. The third-order valence-electron chi connectivity index (χ3n) is 5.92. The number of H-pyrrole nitrogens is 2. The van der Waals surface area contributed by atoms with Crippen LogP contribution in [-0.2, 0) is 32.0 Å². The topological polar surface area (TPSA) is 217 Å². The summed E-state index contributed by atoms with van der Waals surface area (Å²) in [7, 11) is 0. The summed E-state index contributed by atoms with van der Waals surface area (Å²) < 4.78 is 10.1. The van der Waals surface area contributed by atoms with Crippen LogP contribution in [0.5, 0.6) is 11.5 Å². The average Bonchev–Trinajstić information content (AvgIpc) is 3.45. The second-order valence-electron chi connectivity index (χ2n) is 10.5. The molecule has 2 aromatic carbocycles. The highest BCUT2D eigenvalue weighted by molar-refractivity contribution is 5.87. The van der Waals surface area contributed by atoms with Gasteiger partial charge in [-0.3, -0.25) is 9.59 Å². The predicted octanol–water partition coefficient (Wildman–Crippen LogP) is 3.44. The van der Waals surface area contributed by atoms with Gasteiger partial charge < -0.3 is 45.8 Å². The Balaban J connectivity index is 0.000000258. The third kappa shape index (κ3) is 8.73. The second kappa shape index (κ2) is 13.1. The van der Waals surface area contributed by atoms with E-state index in [0.717, 1.165) is 21.9 Å². The predicted molar refractivity (Wildman–Crippen MR) is 153 cm³/mol. The molecular formula is C29H34N4O9. The van der Waals surface area contributed by atoms with Gasteiger partial charge in [0.2, 0.25) is 0 Å². The zero-order chi connectivity index (χ0) is 31.2. The molecule has 0 saturated carbocycles. The van der Waals surface area contributed by atoms with Gasteiger partial charge in [0.15, 0.2) is 0 Å². The summed E-state index contributed by atoms with van der Waals surface area (Å²) in [5, 5.41) is 31.4. The summed E-state index contributed by atoms with van der Waals surface area (Å²) in [5.74, 6) is -2.05. The van der Waals surface area contributed by atoms with Crippen LogP contribution < -0.4 is 15.8 Å². The molecule has 13 nitrogen and oxygen atoms in total. The molecule has 2 aromatic heterocycles. The Kier molecular flexibility index (Phi) is 9.81. The molecule has 0 spiro atoms. The highest BCUT2D eigenvalue weighted by Crippen LogP contribution is 2.25. The molecule has 4 rings (SSSR count). The van der Waals surface area contributed by atoms with Crippen LogP contribution in [-0.4, -0.2) is 67.0 Å². The Bertz CT molecular complexity index is 1600. The number of esters is 1. The Morgan fingerprint density at radius 1 is 0.905 bits per heavy atom. The molecule has 8 N–H and O–H groups in total. The number of aromatic hydroxyl groups is 1. The molecule has 1 amide bonds. The number of carboxylic acids is 2. The van der Waals surface area contributed by atoms with Crippen LogP contribution in [0.3, 0.4) is 0 Å². The molecule has 0 aliphatic carbocycles. The Morgan fingerprint density at radius 2 is 1.48 bits per heavy atom. The molecule has 0 aliphatic rings. The van der Waals surface area contributed by atoms with Gasteiger partial charge in [-0.15, -0.1) is 0 Å². The number of carboxylic acid groups (broad SMARTS) is 2. The van der Waals surface area contributed by atoms with Crippen molar-refractivity contribution < 1.29 is 44.0 Å². The molecule has 0 saturated heterocycles. The number of nitrogens with two attached hydrogens (primary N) is 1. The number of hydrogen-bond donors (Lipinski definition) is 7. The Labute approximate surface area is 240 Å². The number of carbonyl (C=O) groups is 4. The molecule has 0 aliphatic heterocycles. The van der Waals surface area contributed by atoms with Crippen molar-refractivity contribution in [3.8, 4) is 11.5 Å². The molecule has 2 atom stereocenters. The maximum absolute atomic E-state index is 11.9. The van der Waals surface area contributed by atoms with E-state index in [0.29, 0.717) is 16.8 Å². The van der Waals surface area contributed by atoms with Crippen molar-refractivity contribution in [3.63, 3.8) is 0 Å². The SMILES string of the molecule is CC(=O)Oc1ccc2c(C[C@H](NC(=O)OC(C)(C)C)C(=O)O)c[nH]c2c1.N[C@@H](Cc1c[nH]c2cc(O)ccc12)C(=O)O. The average molecular weight is 583 g/mol. The summed E-state index contributed by atoms with van der Waals surface area (Å²) in [6, 6.07) is 7.84. The van der Waals surface area contributed by atoms with Gasteiger partial charge in [0, 0.05) is 66.1 Å². The van der Waals surface area contributed by atoms with E-state index in [1.54, 1.807) is 69.6 Å². The number of rotatable bonds is 8. The highest BCUT2D eigenvalue weighted by Gasteiger charge is 2.25. The molecule has 0 unspecified atom stereocenters. The molecule has 0 bridgehead atoms. The zero-order valence-corrected chi connectivity index (χ0v) is 23.6. The van der Waals surface area contributed by atoms with Crippen LogP contribution in [0.4, 0.5) is 4.79 Å². The van der Waals surface area contributed by atoms with E-state index in [1.165, 1.54) is 6.92 Å². The third-order valence-corrected chi connectivity index (χ3v) is 5.92. The second-order valence-corrected chi connectivity index (χ2v) is 10.5. The van der Waals surface area contributed by atoms with Crippen molar-refractivity contribution >= 4 is 45.8 Å². The Morgan fingerprint density at radius 3 is 2.02 bits per heavy atom. The van der Waals surface area contributed by atoms with E-state index in [2.05, 4.69) is 15.3 Å². The number of nitrogens with one attached hydrogen (secondary N) is 3. The Hall–Kier alpha value is -5.04. The number of aromatic amines is 2. The number of ether oxygens (including phenoxy) is 2. The maximum Gasteiger partial charge on any atom is 0.408 e. The van der Waals surface area contributed by atoms with Crippen LogP contribution in [0.1, 0.15) is 38.8 Å². The van der Waals surface area contributed by atoms with Crippen molar-refractivity contribution in [2.45, 2.75) is 58.2 Å². The summed E-state index contributed by atoms with van der Waals surface area (Å²) >= 11 is 0. The summed E-state index contributed by atoms with van der Waals surface area (Å²) in [6.45, 7) is 6.40. The summed E-state index contributed by atoms with van der Waals surface area (Å²) in [5.41, 5.74) is 7.75. The molecular weight excluding hydrogens is 548 g/mol. The van der Waals surface area contributed by atoms with Gasteiger partial charge in [0.05, 0.1) is 0 Å². The number of phenols is 1. The molecule has 2 heterocycles. The monoisotopic (exact) mass is 582 g/mol. The first-order chi connectivity index (χ1) is 19.6. The maximum atomic E-state index is 11.9. The van der Waals surface area contributed by atoms with Gasteiger partial charge in [-0.25, -0.2) is 9.59 Å². The lowest BCUT2D eigenvalue weighted by Gasteiger charge is -2.22. The molecule has 42 heavy (non-hydrogen) atoms. The molecule has 13 heteroatoms. The largest absolute Gasteiger partial charge is 0.508 e. The quantitative estimate of drug-likeness (QED) is 0.119. The fraction of sp³-hybridized carbons (Fsp3) is 0.310. The van der Waals surface area contributed by atoms with Crippen molar-refractivity contribution in [2.24, 2.45) is 5.73 Å². The van der Waals surface area contributed by atoms with Crippen molar-refractivity contribution in [2.75, 3.05) is 0 Å². The number of hydrogen-bond acceptors (Lipinski definition) is 8. The van der Waals surface area contributed by atoms with Crippen LogP contribution >= 0.6 is 0 Å². The number of amides is 1. The standard InChI is InChI=1S/C18H22N2O6.C11H12N2O3/c1-10(21)25-12-5-6-13-11(9-19-14(13)8-12)7-15(16(22)23)20-17(24)26-18(2,3)4;12-9(11(15)16)3-6-5-13-10-4-7(14)1-2-8(6)10/h5-6,8-9,15,19H,7H2,1-4H3,(H,20,24)(H,22,23);1-2,4-5,9,13-14H,3,12H2,(H,15,16)/t15-;9-/m00/s1. The van der Waals surface area contributed by atoms with Gasteiger partial charge in [0.1, 0.15) is 29.2 Å². The van der Waals surface area contributed by atoms with Crippen LogP contribution in [0, 0.1) is 0 Å². The minimum atomic E-state index is -1.17. The van der Waals surface area contributed by atoms with E-state index in [-0.39, 0.29) is 18.6 Å². The van der Waals surface area contributed by atoms with E-state index in [4.69, 9.17) is 20.3 Å². The van der Waals surface area contributed by atoms with E-state index < -0.39 is 41.7 Å². The van der Waals surface area contributed by atoms with Crippen LogP contribution in [0.15, 0.2) is 48.8 Å². The van der Waals surface area contributed by atoms with Gasteiger partial charge in [0.25, 0.3) is 0 Å². The number of aliphatic carboxylic acids is 2. The lowest BCUT2D eigenvalue weighted by atomic mass is 10.0. The molecule has 4 aromatic rings. The van der Waals surface area contributed by atoms with Gasteiger partial charge >= 0.3 is 24.0 Å². The number of phenolic OH excluding ortho intramolecular Hbond substituents is 1. The van der Waals surface area contributed by atoms with E-state index in [9.17, 15) is 29.4 Å². The minimum absolute atomic E-state index is 0.0709. The van der Waals surface area contributed by atoms with Crippen molar-refractivity contribution in [3.05, 3.63) is 59.9 Å². The lowest BCUT2D eigenvalue weighted by Crippen LogP contribution is -2.44. The van der Waals surface area contributed by atoms with Crippen LogP contribution in [0.25, 0.3) is 21.8 Å². The van der Waals surface area contributed by atoms with Gasteiger partial charge in [-0.05, 0) is 56.2 Å². The van der Waals surface area contributed by atoms with E-state index >= 15 is 0 Å². The number of benzene rings is 2. The van der Waals surface area contributed by atoms with E-state index in [1.807, 2.05) is 0 Å². The molecule has 0 radical (unpaired) electrons.